The first-order valence-corrected chi connectivity index (χ1v) is 20.2. The van der Waals surface area contributed by atoms with E-state index < -0.39 is 0 Å². The summed E-state index contributed by atoms with van der Waals surface area (Å²) in [6.45, 7) is 19.5. The molecular formula is C41H79NO5. The quantitative estimate of drug-likeness (QED) is 0.0608. The third-order valence-corrected chi connectivity index (χ3v) is 11.9. The standard InChI is InChI=1S/C41H79NO5/c1-8-10-18-24-36(25-19-11-9-2)28-33-46-38(44)26-20-14-12-16-22-29-42(31-32-43)30-23-17-13-15-21-27-39(45)47-37-34-35(3)40(4,5)41(37,6)7/h35-37,43H,8-34H2,1-7H3/t35-,37+/m1/s1. The second-order valence-electron chi connectivity index (χ2n) is 16.0. The minimum atomic E-state index is -0.0308. The second-order valence-corrected chi connectivity index (χ2v) is 16.0. The molecule has 0 spiro atoms. The van der Waals surface area contributed by atoms with Crippen LogP contribution in [-0.4, -0.2) is 60.9 Å². The Kier molecular flexibility index (Phi) is 24.1. The van der Waals surface area contributed by atoms with Crippen LogP contribution in [0.4, 0.5) is 0 Å². The predicted molar refractivity (Wildman–Crippen MR) is 198 cm³/mol. The van der Waals surface area contributed by atoms with E-state index in [9.17, 15) is 14.7 Å². The zero-order valence-electron chi connectivity index (χ0n) is 32.4. The number of unbranched alkanes of at least 4 members (excludes halogenated alkanes) is 12. The third kappa shape index (κ3) is 18.4. The van der Waals surface area contributed by atoms with E-state index in [0.29, 0.717) is 31.3 Å². The number of ether oxygens (including phenoxy) is 2. The maximum atomic E-state index is 12.5. The molecule has 0 unspecified atom stereocenters. The van der Waals surface area contributed by atoms with Gasteiger partial charge in [0.15, 0.2) is 0 Å². The first-order chi connectivity index (χ1) is 22.5. The van der Waals surface area contributed by atoms with Crippen molar-refractivity contribution in [3.8, 4) is 0 Å². The molecule has 1 N–H and O–H groups in total. The van der Waals surface area contributed by atoms with Crippen LogP contribution in [0, 0.1) is 22.7 Å². The molecule has 1 aliphatic carbocycles. The molecule has 0 bridgehead atoms. The van der Waals surface area contributed by atoms with E-state index in [-0.39, 0.29) is 35.5 Å². The molecule has 1 saturated carbocycles. The first-order valence-electron chi connectivity index (χ1n) is 20.2. The van der Waals surface area contributed by atoms with Gasteiger partial charge >= 0.3 is 11.9 Å². The van der Waals surface area contributed by atoms with Crippen molar-refractivity contribution < 1.29 is 24.2 Å². The summed E-state index contributed by atoms with van der Waals surface area (Å²) in [7, 11) is 0. The molecule has 0 aromatic carbocycles. The van der Waals surface area contributed by atoms with E-state index in [0.717, 1.165) is 90.3 Å². The largest absolute Gasteiger partial charge is 0.466 e. The summed E-state index contributed by atoms with van der Waals surface area (Å²) in [5.74, 6) is 1.21. The maximum absolute atomic E-state index is 12.5. The van der Waals surface area contributed by atoms with Gasteiger partial charge in [-0.25, -0.2) is 0 Å². The Balaban J connectivity index is 2.07. The number of rotatable bonds is 30. The smallest absolute Gasteiger partial charge is 0.306 e. The zero-order chi connectivity index (χ0) is 35.0. The van der Waals surface area contributed by atoms with Gasteiger partial charge in [-0.05, 0) is 68.9 Å². The van der Waals surface area contributed by atoms with Crippen molar-refractivity contribution in [1.82, 2.24) is 4.90 Å². The Hall–Kier alpha value is -1.14. The number of hydrogen-bond acceptors (Lipinski definition) is 6. The van der Waals surface area contributed by atoms with Gasteiger partial charge in [-0.15, -0.1) is 0 Å². The fourth-order valence-corrected chi connectivity index (χ4v) is 7.33. The Bertz CT molecular complexity index is 787. The topological polar surface area (TPSA) is 76.1 Å². The molecule has 0 saturated heterocycles. The number of aliphatic hydroxyl groups is 1. The van der Waals surface area contributed by atoms with Crippen molar-refractivity contribution >= 4 is 11.9 Å². The highest BCUT2D eigenvalue weighted by atomic mass is 16.5. The van der Waals surface area contributed by atoms with Crippen LogP contribution < -0.4 is 0 Å². The van der Waals surface area contributed by atoms with Gasteiger partial charge in [0.2, 0.25) is 0 Å². The SMILES string of the molecule is CCCCCC(CCCCC)CCOC(=O)CCCCCCCN(CCO)CCCCCCCC(=O)O[C@H]1C[C@@H](C)C(C)(C)C1(C)C. The average molecular weight is 666 g/mol. The van der Waals surface area contributed by atoms with E-state index in [4.69, 9.17) is 9.47 Å². The summed E-state index contributed by atoms with van der Waals surface area (Å²) >= 11 is 0. The Morgan fingerprint density at radius 2 is 1.19 bits per heavy atom. The molecule has 0 radical (unpaired) electrons. The van der Waals surface area contributed by atoms with Crippen molar-refractivity contribution in [2.45, 2.75) is 196 Å². The highest BCUT2D eigenvalue weighted by molar-refractivity contribution is 5.69. The summed E-state index contributed by atoms with van der Waals surface area (Å²) < 4.78 is 11.6. The highest BCUT2D eigenvalue weighted by Crippen LogP contribution is 2.56. The van der Waals surface area contributed by atoms with Crippen LogP contribution in [0.1, 0.15) is 190 Å². The van der Waals surface area contributed by atoms with Crippen molar-refractivity contribution in [3.05, 3.63) is 0 Å². The molecule has 278 valence electrons. The van der Waals surface area contributed by atoms with Gasteiger partial charge in [0, 0.05) is 24.8 Å². The molecule has 0 aliphatic heterocycles. The minimum absolute atomic E-state index is 0.00273. The lowest BCUT2D eigenvalue weighted by Gasteiger charge is -2.40. The van der Waals surface area contributed by atoms with Crippen molar-refractivity contribution in [3.63, 3.8) is 0 Å². The lowest BCUT2D eigenvalue weighted by atomic mass is 9.67. The third-order valence-electron chi connectivity index (χ3n) is 11.9. The van der Waals surface area contributed by atoms with E-state index in [1.807, 2.05) is 0 Å². The molecule has 0 aromatic heterocycles. The minimum Gasteiger partial charge on any atom is -0.466 e. The lowest BCUT2D eigenvalue weighted by molar-refractivity contribution is -0.155. The molecule has 0 aromatic rings. The summed E-state index contributed by atoms with van der Waals surface area (Å²) in [6, 6.07) is 0. The molecule has 1 aliphatic rings. The zero-order valence-corrected chi connectivity index (χ0v) is 32.4. The molecule has 0 heterocycles. The van der Waals surface area contributed by atoms with Crippen LogP contribution in [0.2, 0.25) is 0 Å². The molecule has 47 heavy (non-hydrogen) atoms. The Morgan fingerprint density at radius 1 is 0.681 bits per heavy atom. The van der Waals surface area contributed by atoms with E-state index in [2.05, 4.69) is 53.4 Å². The molecular weight excluding hydrogens is 586 g/mol. The van der Waals surface area contributed by atoms with Crippen LogP contribution in [0.5, 0.6) is 0 Å². The van der Waals surface area contributed by atoms with Crippen molar-refractivity contribution in [2.24, 2.45) is 22.7 Å². The van der Waals surface area contributed by atoms with E-state index >= 15 is 0 Å². The number of carbonyl (C=O) groups excluding carboxylic acids is 2. The molecule has 2 atom stereocenters. The fourth-order valence-electron chi connectivity index (χ4n) is 7.33. The average Bonchev–Trinajstić information content (AvgIpc) is 3.17. The van der Waals surface area contributed by atoms with Crippen LogP contribution in [0.3, 0.4) is 0 Å². The number of nitrogens with zero attached hydrogens (tertiary/aromatic N) is 1. The van der Waals surface area contributed by atoms with Gasteiger partial charge in [-0.2, -0.15) is 0 Å². The van der Waals surface area contributed by atoms with Gasteiger partial charge in [0.05, 0.1) is 13.2 Å². The highest BCUT2D eigenvalue weighted by Gasteiger charge is 2.54. The Morgan fingerprint density at radius 3 is 1.68 bits per heavy atom. The van der Waals surface area contributed by atoms with Crippen molar-refractivity contribution in [2.75, 3.05) is 32.8 Å². The molecule has 6 nitrogen and oxygen atoms in total. The Labute approximate surface area is 291 Å². The fraction of sp³-hybridized carbons (Fsp3) is 0.951. The lowest BCUT2D eigenvalue weighted by Crippen LogP contribution is -2.38. The van der Waals surface area contributed by atoms with Gasteiger partial charge in [0.1, 0.15) is 6.10 Å². The number of esters is 2. The predicted octanol–water partition coefficient (Wildman–Crippen LogP) is 10.7. The second kappa shape index (κ2) is 25.8. The summed E-state index contributed by atoms with van der Waals surface area (Å²) in [5.41, 5.74) is 0.173. The van der Waals surface area contributed by atoms with Crippen LogP contribution in [0.15, 0.2) is 0 Å². The monoisotopic (exact) mass is 666 g/mol. The van der Waals surface area contributed by atoms with Crippen molar-refractivity contribution in [1.29, 1.82) is 0 Å². The molecule has 0 amide bonds. The van der Waals surface area contributed by atoms with Crippen LogP contribution in [-0.2, 0) is 19.1 Å². The maximum Gasteiger partial charge on any atom is 0.306 e. The molecule has 1 fully saturated rings. The number of aliphatic hydroxyl groups excluding tert-OH is 1. The summed E-state index contributed by atoms with van der Waals surface area (Å²) in [5, 5.41) is 9.52. The van der Waals surface area contributed by atoms with Gasteiger partial charge in [-0.1, -0.05) is 138 Å². The van der Waals surface area contributed by atoms with Gasteiger partial charge < -0.3 is 19.5 Å². The molecule has 1 rings (SSSR count). The first kappa shape index (κ1) is 43.9. The van der Waals surface area contributed by atoms with Crippen LogP contribution in [0.25, 0.3) is 0 Å². The van der Waals surface area contributed by atoms with Crippen LogP contribution >= 0.6 is 0 Å². The number of hydrogen-bond donors (Lipinski definition) is 1. The van der Waals surface area contributed by atoms with Gasteiger partial charge in [0.25, 0.3) is 0 Å². The summed E-state index contributed by atoms with van der Waals surface area (Å²) in [6.07, 6.45) is 24.2. The number of carbonyl (C=O) groups is 2. The normalized spacial score (nSPS) is 18.7. The summed E-state index contributed by atoms with van der Waals surface area (Å²) in [4.78, 5) is 27.2. The van der Waals surface area contributed by atoms with E-state index in [1.54, 1.807) is 0 Å². The van der Waals surface area contributed by atoms with E-state index in [1.165, 1.54) is 57.8 Å². The van der Waals surface area contributed by atoms with Gasteiger partial charge in [-0.3, -0.25) is 9.59 Å². The molecule has 6 heteroatoms.